The first-order chi connectivity index (χ1) is 11.1. The Hall–Kier alpha value is -1.72. The smallest absolute Gasteiger partial charge is 0.138 e. The Kier molecular flexibility index (Phi) is 5.08. The molecule has 1 aliphatic heterocycles. The molecule has 0 saturated carbocycles. The van der Waals surface area contributed by atoms with Gasteiger partial charge in [-0.3, -0.25) is 4.90 Å². The molecule has 1 atom stereocenters. The Labute approximate surface area is 136 Å². The second-order valence-electron chi connectivity index (χ2n) is 6.20. The molecule has 1 aromatic heterocycles. The van der Waals surface area contributed by atoms with E-state index in [4.69, 9.17) is 9.26 Å². The molecule has 124 valence electrons. The van der Waals surface area contributed by atoms with Crippen molar-refractivity contribution in [3.8, 4) is 0 Å². The molecule has 1 fully saturated rings. The number of piperidine rings is 1. The van der Waals surface area contributed by atoms with Gasteiger partial charge < -0.3 is 9.26 Å². The number of ether oxygens (including phenoxy) is 1. The zero-order chi connectivity index (χ0) is 16.2. The minimum absolute atomic E-state index is 0.142. The Morgan fingerprint density at radius 3 is 2.91 bits per heavy atom. The fourth-order valence-electron chi connectivity index (χ4n) is 3.07. The van der Waals surface area contributed by atoms with Crippen molar-refractivity contribution in [2.24, 2.45) is 0 Å². The molecule has 1 saturated heterocycles. The van der Waals surface area contributed by atoms with Crippen LogP contribution in [0.1, 0.15) is 35.4 Å². The van der Waals surface area contributed by atoms with Crippen LogP contribution < -0.4 is 0 Å². The molecule has 2 heterocycles. The van der Waals surface area contributed by atoms with Crippen molar-refractivity contribution in [2.45, 2.75) is 45.9 Å². The lowest BCUT2D eigenvalue weighted by molar-refractivity contribution is -0.0131. The molecule has 3 rings (SSSR count). The summed E-state index contributed by atoms with van der Waals surface area (Å²) in [6.07, 6.45) is 2.25. The molecular formula is C18H23FN2O2. The van der Waals surface area contributed by atoms with Gasteiger partial charge in [-0.1, -0.05) is 23.4 Å². The lowest BCUT2D eigenvalue weighted by Gasteiger charge is -2.32. The molecule has 23 heavy (non-hydrogen) atoms. The van der Waals surface area contributed by atoms with Crippen LogP contribution in [0.5, 0.6) is 0 Å². The van der Waals surface area contributed by atoms with Gasteiger partial charge in [0.15, 0.2) is 0 Å². The van der Waals surface area contributed by atoms with Gasteiger partial charge in [0.2, 0.25) is 0 Å². The second-order valence-corrected chi connectivity index (χ2v) is 6.20. The number of benzene rings is 1. The van der Waals surface area contributed by atoms with Gasteiger partial charge in [-0.05, 0) is 39.3 Å². The summed E-state index contributed by atoms with van der Waals surface area (Å²) in [5, 5.41) is 4.01. The lowest BCUT2D eigenvalue weighted by atomic mass is 10.1. The number of hydrogen-bond donors (Lipinski definition) is 0. The minimum Gasteiger partial charge on any atom is -0.372 e. The molecule has 0 unspecified atom stereocenters. The first-order valence-corrected chi connectivity index (χ1v) is 8.12. The topological polar surface area (TPSA) is 38.5 Å². The van der Waals surface area contributed by atoms with E-state index in [9.17, 15) is 4.39 Å². The highest BCUT2D eigenvalue weighted by atomic mass is 19.1. The van der Waals surface area contributed by atoms with Crippen LogP contribution in [-0.2, 0) is 17.9 Å². The van der Waals surface area contributed by atoms with Gasteiger partial charge in [-0.2, -0.15) is 0 Å². The second kappa shape index (κ2) is 7.23. The Bertz CT molecular complexity index is 637. The van der Waals surface area contributed by atoms with E-state index in [-0.39, 0.29) is 11.9 Å². The van der Waals surface area contributed by atoms with Crippen LogP contribution in [0.3, 0.4) is 0 Å². The van der Waals surface area contributed by atoms with Crippen molar-refractivity contribution in [1.29, 1.82) is 0 Å². The van der Waals surface area contributed by atoms with Gasteiger partial charge in [-0.15, -0.1) is 0 Å². The van der Waals surface area contributed by atoms with Crippen LogP contribution in [0.4, 0.5) is 4.39 Å². The highest BCUT2D eigenvalue weighted by molar-refractivity contribution is 5.20. The van der Waals surface area contributed by atoms with Crippen LogP contribution in [0.2, 0.25) is 0 Å². The fraction of sp³-hybridized carbons (Fsp3) is 0.500. The summed E-state index contributed by atoms with van der Waals surface area (Å²) in [6.45, 7) is 6.99. The van der Waals surface area contributed by atoms with Crippen LogP contribution >= 0.6 is 0 Å². The van der Waals surface area contributed by atoms with Crippen molar-refractivity contribution in [2.75, 3.05) is 13.1 Å². The molecule has 1 aromatic carbocycles. The number of aromatic nitrogens is 1. The molecular weight excluding hydrogens is 295 g/mol. The standard InChI is InChI=1S/C18H23FN2O2/c1-13-17(14(2)23-20-13)11-21-9-5-7-16(10-21)22-12-15-6-3-4-8-18(15)19/h3-4,6,8,16H,5,7,9-12H2,1-2H3/t16-/m0/s1. The molecule has 4 nitrogen and oxygen atoms in total. The molecule has 0 amide bonds. The SMILES string of the molecule is Cc1noc(C)c1CN1CCC[C@H](OCc2ccccc2F)C1. The zero-order valence-corrected chi connectivity index (χ0v) is 13.7. The maximum Gasteiger partial charge on any atom is 0.138 e. The van der Waals surface area contributed by atoms with Gasteiger partial charge in [0.25, 0.3) is 0 Å². The summed E-state index contributed by atoms with van der Waals surface area (Å²) >= 11 is 0. The first kappa shape index (κ1) is 16.1. The van der Waals surface area contributed by atoms with Crippen molar-refractivity contribution >= 4 is 0 Å². The quantitative estimate of drug-likeness (QED) is 0.844. The number of hydrogen-bond acceptors (Lipinski definition) is 4. The van der Waals surface area contributed by atoms with E-state index in [0.717, 1.165) is 43.9 Å². The van der Waals surface area contributed by atoms with Gasteiger partial charge >= 0.3 is 0 Å². The van der Waals surface area contributed by atoms with Crippen LogP contribution in [-0.4, -0.2) is 29.3 Å². The van der Waals surface area contributed by atoms with E-state index >= 15 is 0 Å². The molecule has 2 aromatic rings. The first-order valence-electron chi connectivity index (χ1n) is 8.12. The summed E-state index contributed by atoms with van der Waals surface area (Å²) in [4.78, 5) is 2.36. The number of halogens is 1. The van der Waals surface area contributed by atoms with E-state index in [1.807, 2.05) is 19.9 Å². The predicted octanol–water partition coefficient (Wildman–Crippen LogP) is 3.61. The molecule has 0 aliphatic carbocycles. The van der Waals surface area contributed by atoms with Crippen molar-refractivity contribution in [1.82, 2.24) is 10.1 Å². The molecule has 0 N–H and O–H groups in total. The number of likely N-dealkylation sites (tertiary alicyclic amines) is 1. The Balaban J connectivity index is 1.55. The van der Waals surface area contributed by atoms with Crippen molar-refractivity contribution in [3.63, 3.8) is 0 Å². The third-order valence-corrected chi connectivity index (χ3v) is 4.46. The molecule has 0 bridgehead atoms. The maximum atomic E-state index is 13.7. The molecule has 1 aliphatic rings. The average molecular weight is 318 g/mol. The van der Waals surface area contributed by atoms with Gasteiger partial charge in [0.1, 0.15) is 11.6 Å². The number of aryl methyl sites for hydroxylation is 2. The highest BCUT2D eigenvalue weighted by Crippen LogP contribution is 2.21. The zero-order valence-electron chi connectivity index (χ0n) is 13.7. The van der Waals surface area contributed by atoms with Crippen molar-refractivity contribution < 1.29 is 13.7 Å². The van der Waals surface area contributed by atoms with Crippen LogP contribution in [0.15, 0.2) is 28.8 Å². The summed E-state index contributed by atoms with van der Waals surface area (Å²) in [5.74, 6) is 0.688. The summed E-state index contributed by atoms with van der Waals surface area (Å²) in [5.41, 5.74) is 2.74. The lowest BCUT2D eigenvalue weighted by Crippen LogP contribution is -2.39. The van der Waals surface area contributed by atoms with E-state index in [1.54, 1.807) is 12.1 Å². The number of nitrogens with zero attached hydrogens (tertiary/aromatic N) is 2. The summed E-state index contributed by atoms with van der Waals surface area (Å²) in [6, 6.07) is 6.79. The minimum atomic E-state index is -0.198. The fourth-order valence-corrected chi connectivity index (χ4v) is 3.07. The molecule has 5 heteroatoms. The monoisotopic (exact) mass is 318 g/mol. The Morgan fingerprint density at radius 1 is 1.35 bits per heavy atom. The largest absolute Gasteiger partial charge is 0.372 e. The maximum absolute atomic E-state index is 13.7. The van der Waals surface area contributed by atoms with E-state index < -0.39 is 0 Å². The number of rotatable bonds is 5. The third kappa shape index (κ3) is 3.98. The average Bonchev–Trinajstić information content (AvgIpc) is 2.86. The summed E-state index contributed by atoms with van der Waals surface area (Å²) in [7, 11) is 0. The van der Waals surface area contributed by atoms with E-state index in [1.165, 1.54) is 11.6 Å². The molecule has 0 radical (unpaired) electrons. The van der Waals surface area contributed by atoms with E-state index in [2.05, 4.69) is 10.1 Å². The van der Waals surface area contributed by atoms with Gasteiger partial charge in [0, 0.05) is 24.2 Å². The van der Waals surface area contributed by atoms with Crippen LogP contribution in [0.25, 0.3) is 0 Å². The molecule has 0 spiro atoms. The normalized spacial score (nSPS) is 19.2. The Morgan fingerprint density at radius 2 is 2.17 bits per heavy atom. The van der Waals surface area contributed by atoms with Crippen LogP contribution in [0, 0.1) is 19.7 Å². The van der Waals surface area contributed by atoms with Gasteiger partial charge in [-0.25, -0.2) is 4.39 Å². The van der Waals surface area contributed by atoms with Gasteiger partial charge in [0.05, 0.1) is 18.4 Å². The van der Waals surface area contributed by atoms with Crippen molar-refractivity contribution in [3.05, 3.63) is 52.7 Å². The summed E-state index contributed by atoms with van der Waals surface area (Å²) < 4.78 is 24.8. The van der Waals surface area contributed by atoms with E-state index in [0.29, 0.717) is 12.2 Å². The predicted molar refractivity (Wildman–Crippen MR) is 85.5 cm³/mol. The third-order valence-electron chi connectivity index (χ3n) is 4.46. The highest BCUT2D eigenvalue weighted by Gasteiger charge is 2.22.